The van der Waals surface area contributed by atoms with Crippen molar-refractivity contribution in [2.45, 2.75) is 45.1 Å². The van der Waals surface area contributed by atoms with Crippen molar-refractivity contribution >= 4 is 29.1 Å². The van der Waals surface area contributed by atoms with E-state index in [-0.39, 0.29) is 30.8 Å². The molecule has 0 saturated heterocycles. The van der Waals surface area contributed by atoms with E-state index in [1.54, 1.807) is 11.3 Å². The number of aryl methyl sites for hydroxylation is 1. The minimum atomic E-state index is -0.404. The zero-order valence-electron chi connectivity index (χ0n) is 13.4. The van der Waals surface area contributed by atoms with Gasteiger partial charge >= 0.3 is 0 Å². The van der Waals surface area contributed by atoms with E-state index in [0.29, 0.717) is 0 Å². The maximum absolute atomic E-state index is 12.2. The summed E-state index contributed by atoms with van der Waals surface area (Å²) >= 11 is 1.56. The van der Waals surface area contributed by atoms with Gasteiger partial charge in [0, 0.05) is 18.0 Å². The van der Waals surface area contributed by atoms with Crippen molar-refractivity contribution in [3.8, 4) is 0 Å². The highest BCUT2D eigenvalue weighted by atomic mass is 32.1. The standard InChI is InChI=1S/C15H22N4O3S/c1-10-9-23-14(18-10)15(5-3-4-6-15)19-13(22)8-17-12(21)7-16-11(2)20/h9H,3-8H2,1-2H3,(H,16,20)(H,17,21)(H,19,22). The van der Waals surface area contributed by atoms with E-state index < -0.39 is 5.54 Å². The zero-order valence-corrected chi connectivity index (χ0v) is 14.2. The lowest BCUT2D eigenvalue weighted by Crippen LogP contribution is -2.48. The summed E-state index contributed by atoms with van der Waals surface area (Å²) in [6.07, 6.45) is 3.83. The Kier molecular flexibility index (Phi) is 5.70. The largest absolute Gasteiger partial charge is 0.347 e. The van der Waals surface area contributed by atoms with Crippen LogP contribution in [0.4, 0.5) is 0 Å². The smallest absolute Gasteiger partial charge is 0.240 e. The minimum Gasteiger partial charge on any atom is -0.347 e. The maximum atomic E-state index is 12.2. The fraction of sp³-hybridized carbons (Fsp3) is 0.600. The van der Waals surface area contributed by atoms with Crippen LogP contribution in [0, 0.1) is 6.92 Å². The van der Waals surface area contributed by atoms with E-state index in [4.69, 9.17) is 0 Å². The third-order valence-corrected chi connectivity index (χ3v) is 4.97. The summed E-state index contributed by atoms with van der Waals surface area (Å²) in [5.74, 6) is -0.912. The van der Waals surface area contributed by atoms with Crippen LogP contribution in [0.1, 0.15) is 43.3 Å². The third kappa shape index (κ3) is 4.75. The number of amides is 3. The molecule has 3 N–H and O–H groups in total. The van der Waals surface area contributed by atoms with Gasteiger partial charge in [-0.1, -0.05) is 12.8 Å². The first-order valence-electron chi connectivity index (χ1n) is 7.66. The molecule has 2 rings (SSSR count). The van der Waals surface area contributed by atoms with Gasteiger partial charge in [0.1, 0.15) is 5.01 Å². The van der Waals surface area contributed by atoms with Crippen molar-refractivity contribution in [2.75, 3.05) is 13.1 Å². The SMILES string of the molecule is CC(=O)NCC(=O)NCC(=O)NC1(c2nc(C)cs2)CCCC1. The Bertz CT molecular complexity index is 593. The van der Waals surface area contributed by atoms with Gasteiger partial charge in [0.05, 0.1) is 18.6 Å². The molecular weight excluding hydrogens is 316 g/mol. The Hall–Kier alpha value is -1.96. The lowest BCUT2D eigenvalue weighted by molar-refractivity contribution is -0.127. The molecule has 1 saturated carbocycles. The van der Waals surface area contributed by atoms with Gasteiger partial charge in [-0.2, -0.15) is 0 Å². The number of carbonyl (C=O) groups is 3. The zero-order chi connectivity index (χ0) is 16.9. The van der Waals surface area contributed by atoms with Gasteiger partial charge in [0.2, 0.25) is 17.7 Å². The first-order chi connectivity index (χ1) is 10.9. The second-order valence-corrected chi connectivity index (χ2v) is 6.68. The van der Waals surface area contributed by atoms with E-state index in [1.165, 1.54) is 6.92 Å². The number of carbonyl (C=O) groups excluding carboxylic acids is 3. The predicted octanol–water partition coefficient (Wildman–Crippen LogP) is 0.589. The highest BCUT2D eigenvalue weighted by Crippen LogP contribution is 2.39. The number of nitrogens with one attached hydrogen (secondary N) is 3. The third-order valence-electron chi connectivity index (χ3n) is 3.81. The van der Waals surface area contributed by atoms with Crippen LogP contribution in [0.25, 0.3) is 0 Å². The molecule has 126 valence electrons. The van der Waals surface area contributed by atoms with Crippen LogP contribution >= 0.6 is 11.3 Å². The van der Waals surface area contributed by atoms with Gasteiger partial charge in [-0.05, 0) is 19.8 Å². The van der Waals surface area contributed by atoms with Crippen molar-refractivity contribution in [2.24, 2.45) is 0 Å². The molecule has 23 heavy (non-hydrogen) atoms. The highest BCUT2D eigenvalue weighted by Gasteiger charge is 2.39. The van der Waals surface area contributed by atoms with Gasteiger partial charge in [-0.3, -0.25) is 14.4 Å². The Labute approximate surface area is 139 Å². The van der Waals surface area contributed by atoms with Gasteiger partial charge < -0.3 is 16.0 Å². The van der Waals surface area contributed by atoms with Crippen LogP contribution in [-0.4, -0.2) is 35.8 Å². The molecule has 0 spiro atoms. The summed E-state index contributed by atoms with van der Waals surface area (Å²) in [5.41, 5.74) is 0.549. The molecule has 0 bridgehead atoms. The molecule has 0 aliphatic heterocycles. The Morgan fingerprint density at radius 1 is 1.17 bits per heavy atom. The summed E-state index contributed by atoms with van der Waals surface area (Å²) in [4.78, 5) is 39.0. The molecule has 1 fully saturated rings. The molecule has 1 aliphatic rings. The number of nitrogens with zero attached hydrogens (tertiary/aromatic N) is 1. The summed E-state index contributed by atoms with van der Waals surface area (Å²) in [7, 11) is 0. The van der Waals surface area contributed by atoms with E-state index in [2.05, 4.69) is 20.9 Å². The van der Waals surface area contributed by atoms with Crippen LogP contribution in [-0.2, 0) is 19.9 Å². The molecule has 7 nitrogen and oxygen atoms in total. The van der Waals surface area contributed by atoms with Gasteiger partial charge in [-0.15, -0.1) is 11.3 Å². The molecule has 0 aromatic carbocycles. The van der Waals surface area contributed by atoms with Crippen LogP contribution in [0.2, 0.25) is 0 Å². The van der Waals surface area contributed by atoms with E-state index in [1.807, 2.05) is 12.3 Å². The number of thiazole rings is 1. The van der Waals surface area contributed by atoms with Gasteiger partial charge in [0.15, 0.2) is 0 Å². The Morgan fingerprint density at radius 3 is 2.39 bits per heavy atom. The number of aromatic nitrogens is 1. The summed E-state index contributed by atoms with van der Waals surface area (Å²) in [5, 5.41) is 10.9. The molecule has 0 radical (unpaired) electrons. The van der Waals surface area contributed by atoms with Crippen molar-refractivity contribution in [1.82, 2.24) is 20.9 Å². The monoisotopic (exact) mass is 338 g/mol. The van der Waals surface area contributed by atoms with Crippen molar-refractivity contribution in [1.29, 1.82) is 0 Å². The average molecular weight is 338 g/mol. The fourth-order valence-electron chi connectivity index (χ4n) is 2.70. The predicted molar refractivity (Wildman–Crippen MR) is 86.8 cm³/mol. The molecule has 1 aromatic rings. The van der Waals surface area contributed by atoms with E-state index >= 15 is 0 Å². The summed E-state index contributed by atoms with van der Waals surface area (Å²) in [6.45, 7) is 3.04. The Balaban J connectivity index is 1.89. The summed E-state index contributed by atoms with van der Waals surface area (Å²) in [6, 6.07) is 0. The van der Waals surface area contributed by atoms with Crippen LogP contribution in [0.3, 0.4) is 0 Å². The minimum absolute atomic E-state index is 0.107. The molecule has 0 unspecified atom stereocenters. The molecule has 1 aromatic heterocycles. The van der Waals surface area contributed by atoms with Crippen LogP contribution in [0.15, 0.2) is 5.38 Å². The highest BCUT2D eigenvalue weighted by molar-refractivity contribution is 7.09. The molecule has 1 heterocycles. The fourth-order valence-corrected chi connectivity index (χ4v) is 3.71. The van der Waals surface area contributed by atoms with Crippen LogP contribution in [0.5, 0.6) is 0 Å². The molecule has 0 atom stereocenters. The van der Waals surface area contributed by atoms with Gasteiger partial charge in [-0.25, -0.2) is 4.98 Å². The molecular formula is C15H22N4O3S. The van der Waals surface area contributed by atoms with Crippen LogP contribution < -0.4 is 16.0 Å². The van der Waals surface area contributed by atoms with Gasteiger partial charge in [0.25, 0.3) is 0 Å². The van der Waals surface area contributed by atoms with E-state index in [9.17, 15) is 14.4 Å². The normalized spacial score (nSPS) is 15.9. The molecule has 3 amide bonds. The lowest BCUT2D eigenvalue weighted by Gasteiger charge is -2.28. The second kappa shape index (κ2) is 7.54. The Morgan fingerprint density at radius 2 is 1.83 bits per heavy atom. The lowest BCUT2D eigenvalue weighted by atomic mass is 9.98. The van der Waals surface area contributed by atoms with Crippen molar-refractivity contribution in [3.63, 3.8) is 0 Å². The van der Waals surface area contributed by atoms with Crippen molar-refractivity contribution < 1.29 is 14.4 Å². The maximum Gasteiger partial charge on any atom is 0.240 e. The van der Waals surface area contributed by atoms with Crippen molar-refractivity contribution in [3.05, 3.63) is 16.1 Å². The first-order valence-corrected chi connectivity index (χ1v) is 8.54. The summed E-state index contributed by atoms with van der Waals surface area (Å²) < 4.78 is 0. The van der Waals surface area contributed by atoms with E-state index in [0.717, 1.165) is 36.4 Å². The first kappa shape index (κ1) is 17.4. The number of hydrogen-bond donors (Lipinski definition) is 3. The topological polar surface area (TPSA) is 100 Å². The number of rotatable bonds is 6. The molecule has 1 aliphatic carbocycles. The number of hydrogen-bond acceptors (Lipinski definition) is 5. The molecule has 8 heteroatoms. The second-order valence-electron chi connectivity index (χ2n) is 5.82. The average Bonchev–Trinajstić information content (AvgIpc) is 3.13. The quantitative estimate of drug-likeness (QED) is 0.707.